The van der Waals surface area contributed by atoms with Crippen molar-refractivity contribution in [2.45, 2.75) is 39.2 Å². The second-order valence-corrected chi connectivity index (χ2v) is 3.53. The van der Waals surface area contributed by atoms with Crippen molar-refractivity contribution in [3.8, 4) is 0 Å². The number of thiol groups is 2. The molecule has 0 aliphatic heterocycles. The molecule has 0 aromatic rings. The third-order valence-electron chi connectivity index (χ3n) is 1.46. The Morgan fingerprint density at radius 1 is 1.33 bits per heavy atom. The van der Waals surface area contributed by atoms with Crippen molar-refractivity contribution >= 4 is 61.6 Å². The summed E-state index contributed by atoms with van der Waals surface area (Å²) in [6.07, 6.45) is 3.13. The van der Waals surface area contributed by atoms with Crippen LogP contribution in [0.3, 0.4) is 0 Å². The molecule has 1 atom stereocenters. The van der Waals surface area contributed by atoms with Crippen LogP contribution in [0.4, 0.5) is 9.59 Å². The first kappa shape index (κ1) is 20.9. The third kappa shape index (κ3) is 25.1. The molecule has 15 heavy (non-hydrogen) atoms. The Balaban J connectivity index is -0.000000249. The maximum Gasteiger partial charge on any atom is 0.276 e. The van der Waals surface area contributed by atoms with E-state index < -0.39 is 5.24 Å². The molecule has 0 spiro atoms. The van der Waals surface area contributed by atoms with E-state index in [-0.39, 0.29) is 31.1 Å². The molecule has 7 heteroatoms. The molecule has 0 fully saturated rings. The Bertz CT molecular complexity index is 178. The summed E-state index contributed by atoms with van der Waals surface area (Å²) in [6, 6.07) is 0.315. The molecule has 87 valence electrons. The molecule has 0 aromatic heterocycles. The minimum Gasteiger partial charge on any atom is -0.361 e. The van der Waals surface area contributed by atoms with Gasteiger partial charge in [-0.05, 0) is 12.8 Å². The van der Waals surface area contributed by atoms with Gasteiger partial charge in [-0.3, -0.25) is 9.59 Å². The van der Waals surface area contributed by atoms with Crippen molar-refractivity contribution in [1.29, 1.82) is 0 Å². The molecule has 1 unspecified atom stereocenters. The van der Waals surface area contributed by atoms with Gasteiger partial charge in [0, 0.05) is 31.9 Å². The largest absolute Gasteiger partial charge is 0.361 e. The van der Waals surface area contributed by atoms with Crippen LogP contribution in [-0.4, -0.2) is 42.4 Å². The first-order chi connectivity index (χ1) is 6.43. The average Bonchev–Trinajstić information content (AvgIpc) is 2.01. The summed E-state index contributed by atoms with van der Waals surface area (Å²) >= 11 is 6.74. The molecule has 0 saturated heterocycles. The van der Waals surface area contributed by atoms with E-state index in [1.54, 1.807) is 0 Å². The predicted octanol–water partition coefficient (Wildman–Crippen LogP) is 1.82. The number of nitrogens with one attached hydrogen (secondary N) is 1. The molecule has 3 N–H and O–H groups in total. The van der Waals surface area contributed by atoms with Crippen LogP contribution < -0.4 is 11.1 Å². The van der Waals surface area contributed by atoms with Crippen LogP contribution in [0.25, 0.3) is 0 Å². The first-order valence-corrected chi connectivity index (χ1v) is 5.31. The normalized spacial score (nSPS) is 10.1. The zero-order valence-corrected chi connectivity index (χ0v) is 14.1. The molecule has 0 aromatic carbocycles. The minimum absolute atomic E-state index is 0. The van der Waals surface area contributed by atoms with Gasteiger partial charge in [0.25, 0.3) is 10.5 Å². The summed E-state index contributed by atoms with van der Waals surface area (Å²) in [5.41, 5.74) is 4.34. The molecule has 3 radical (unpaired) electrons. The molecule has 4 nitrogen and oxygen atoms in total. The fourth-order valence-electron chi connectivity index (χ4n) is 0.901. The summed E-state index contributed by atoms with van der Waals surface area (Å²) in [4.78, 5) is 19.5. The van der Waals surface area contributed by atoms with Gasteiger partial charge in [0.15, 0.2) is 0 Å². The van der Waals surface area contributed by atoms with Crippen LogP contribution in [0.2, 0.25) is 0 Å². The summed E-state index contributed by atoms with van der Waals surface area (Å²) in [7, 11) is 0. The fraction of sp³-hybridized carbons (Fsp3) is 0.750. The van der Waals surface area contributed by atoms with Crippen LogP contribution in [0.5, 0.6) is 0 Å². The first-order valence-electron chi connectivity index (χ1n) is 4.41. The van der Waals surface area contributed by atoms with Crippen molar-refractivity contribution < 1.29 is 9.59 Å². The van der Waals surface area contributed by atoms with Gasteiger partial charge in [-0.15, -0.1) is 0 Å². The van der Waals surface area contributed by atoms with Crippen LogP contribution in [0.1, 0.15) is 33.1 Å². The smallest absolute Gasteiger partial charge is 0.276 e. The molecular formula is C8H18InN2O2S2. The summed E-state index contributed by atoms with van der Waals surface area (Å²) in [6.45, 7) is 4.16. The Morgan fingerprint density at radius 3 is 1.93 bits per heavy atom. The number of hydrogen-bond donors (Lipinski definition) is 4. The van der Waals surface area contributed by atoms with Crippen molar-refractivity contribution in [3.63, 3.8) is 0 Å². The Kier molecular flexibility index (Phi) is 20.2. The maximum atomic E-state index is 10.4. The van der Waals surface area contributed by atoms with E-state index in [4.69, 9.17) is 4.79 Å². The number of primary amides is 1. The number of nitrogens with two attached hydrogens (primary N) is 1. The zero-order valence-electron chi connectivity index (χ0n) is 9.06. The number of carbonyl (C=O) groups excluding carboxylic acids is 2. The van der Waals surface area contributed by atoms with Crippen molar-refractivity contribution in [1.82, 2.24) is 5.32 Å². The van der Waals surface area contributed by atoms with E-state index in [1.165, 1.54) is 0 Å². The van der Waals surface area contributed by atoms with Crippen LogP contribution >= 0.6 is 25.3 Å². The fourth-order valence-corrected chi connectivity index (χ4v) is 1.08. The van der Waals surface area contributed by atoms with E-state index in [0.29, 0.717) is 6.04 Å². The van der Waals surface area contributed by atoms with Gasteiger partial charge in [-0.1, -0.05) is 45.5 Å². The average molecular weight is 353 g/mol. The van der Waals surface area contributed by atoms with Gasteiger partial charge in [0.1, 0.15) is 0 Å². The number of hydrogen-bond acceptors (Lipinski definition) is 2. The van der Waals surface area contributed by atoms with Gasteiger partial charge in [0.2, 0.25) is 0 Å². The summed E-state index contributed by atoms with van der Waals surface area (Å²) in [5.74, 6) is 0. The molecular weight excluding hydrogens is 335 g/mol. The molecule has 0 heterocycles. The summed E-state index contributed by atoms with van der Waals surface area (Å²) < 4.78 is 0. The van der Waals surface area contributed by atoms with E-state index in [9.17, 15) is 4.79 Å². The van der Waals surface area contributed by atoms with Gasteiger partial charge >= 0.3 is 0 Å². The van der Waals surface area contributed by atoms with Gasteiger partial charge < -0.3 is 11.1 Å². The van der Waals surface area contributed by atoms with Gasteiger partial charge in [0.05, 0.1) is 0 Å². The van der Waals surface area contributed by atoms with E-state index in [1.807, 2.05) is 0 Å². The maximum absolute atomic E-state index is 10.4. The molecule has 0 aliphatic carbocycles. The number of rotatable bonds is 4. The van der Waals surface area contributed by atoms with Crippen molar-refractivity contribution in [2.24, 2.45) is 5.73 Å². The van der Waals surface area contributed by atoms with E-state index in [2.05, 4.69) is 50.2 Å². The van der Waals surface area contributed by atoms with Gasteiger partial charge in [-0.25, -0.2) is 0 Å². The topological polar surface area (TPSA) is 72.2 Å². The van der Waals surface area contributed by atoms with Crippen LogP contribution in [-0.2, 0) is 0 Å². The predicted molar refractivity (Wildman–Crippen MR) is 70.8 cm³/mol. The SMILES string of the molecule is CCCC(CC)NC(=O)S.NC(=O)S.[In]. The van der Waals surface area contributed by atoms with Gasteiger partial charge in [-0.2, -0.15) is 0 Å². The Morgan fingerprint density at radius 2 is 1.73 bits per heavy atom. The number of amides is 2. The molecule has 0 aliphatic rings. The standard InChI is InChI=1S/C7H15NOS.CH3NOS.In/c1-3-5-6(4-2)8-7(9)10;2-1(3)4;/h6H,3-5H2,1-2H3,(H2,8,9,10);(H3,2,3,4);. The molecule has 0 rings (SSSR count). The quantitative estimate of drug-likeness (QED) is 0.583. The summed E-state index contributed by atoms with van der Waals surface area (Å²) in [5, 5.41) is 1.89. The van der Waals surface area contributed by atoms with E-state index >= 15 is 0 Å². The second kappa shape index (κ2) is 14.5. The van der Waals surface area contributed by atoms with Crippen LogP contribution in [0.15, 0.2) is 0 Å². The molecule has 2 amide bonds. The Labute approximate surface area is 121 Å². The van der Waals surface area contributed by atoms with Crippen molar-refractivity contribution in [3.05, 3.63) is 0 Å². The molecule has 0 bridgehead atoms. The third-order valence-corrected chi connectivity index (χ3v) is 1.59. The molecule has 0 saturated carbocycles. The van der Waals surface area contributed by atoms with E-state index in [0.717, 1.165) is 19.3 Å². The van der Waals surface area contributed by atoms with Crippen LogP contribution in [0, 0.1) is 0 Å². The monoisotopic (exact) mass is 353 g/mol. The zero-order chi connectivity index (χ0) is 11.6. The minimum atomic E-state index is -0.639. The number of carbonyl (C=O) groups is 2. The Hall–Kier alpha value is 0.510. The second-order valence-electron chi connectivity index (χ2n) is 2.68. The van der Waals surface area contributed by atoms with Crippen molar-refractivity contribution in [2.75, 3.05) is 0 Å².